The van der Waals surface area contributed by atoms with Gasteiger partial charge in [0.25, 0.3) is 0 Å². The van der Waals surface area contributed by atoms with Crippen molar-refractivity contribution in [3.63, 3.8) is 0 Å². The first kappa shape index (κ1) is 16.8. The van der Waals surface area contributed by atoms with Crippen LogP contribution in [0.15, 0.2) is 72.9 Å². The van der Waals surface area contributed by atoms with Crippen molar-refractivity contribution < 1.29 is 0 Å². The topological polar surface area (TPSA) is 4.93 Å². The second kappa shape index (κ2) is 5.81. The molecule has 1 nitrogen and oxygen atoms in total. The minimum absolute atomic E-state index is 1.36. The largest absolute Gasteiger partial charge is 0.350 e. The lowest BCUT2D eigenvalue weighted by Gasteiger charge is -2.28. The van der Waals surface area contributed by atoms with E-state index in [0.717, 1.165) is 0 Å². The van der Waals surface area contributed by atoms with Gasteiger partial charge >= 0.3 is 0 Å². The number of fused-ring (bicyclic) bond motifs is 2. The molecule has 0 radical (unpaired) electrons. The smallest absolute Gasteiger partial charge is 0.134 e. The molecule has 0 saturated heterocycles. The molecule has 0 saturated carbocycles. The van der Waals surface area contributed by atoms with Gasteiger partial charge in [0, 0.05) is 29.7 Å². The third-order valence-corrected chi connectivity index (χ3v) is 11.3. The van der Waals surface area contributed by atoms with E-state index in [-0.39, 0.29) is 0 Å². The van der Waals surface area contributed by atoms with Crippen LogP contribution in [0.5, 0.6) is 0 Å². The van der Waals surface area contributed by atoms with Crippen LogP contribution in [-0.4, -0.2) is 21.4 Å². The van der Waals surface area contributed by atoms with Gasteiger partial charge in [-0.05, 0) is 22.0 Å². The molecular weight excluding hydrogens is 358 g/mol. The van der Waals surface area contributed by atoms with E-state index < -0.39 is 16.9 Å². The van der Waals surface area contributed by atoms with Crippen LogP contribution in [0.4, 0.5) is 0 Å². The average Bonchev–Trinajstić information content (AvgIpc) is 3.00. The van der Waals surface area contributed by atoms with Gasteiger partial charge in [0.1, 0.15) is 8.80 Å². The number of aromatic nitrogens is 1. The van der Waals surface area contributed by atoms with E-state index >= 15 is 0 Å². The Hall–Kier alpha value is -2.37. The zero-order valence-electron chi connectivity index (χ0n) is 16.5. The van der Waals surface area contributed by atoms with Crippen molar-refractivity contribution in [1.29, 1.82) is 0 Å². The summed E-state index contributed by atoms with van der Waals surface area (Å²) < 4.78 is 2.30. The number of aryl methyl sites for hydroxylation is 1. The molecule has 0 bridgehead atoms. The van der Waals surface area contributed by atoms with Gasteiger partial charge in [-0.3, -0.25) is 0 Å². The van der Waals surface area contributed by atoms with E-state index in [2.05, 4.69) is 104 Å². The Morgan fingerprint density at radius 3 is 2.30 bits per heavy atom. The summed E-state index contributed by atoms with van der Waals surface area (Å²) in [6, 6.07) is 25.5. The predicted molar refractivity (Wildman–Crippen MR) is 124 cm³/mol. The molecule has 0 aliphatic carbocycles. The molecule has 3 heteroatoms. The van der Waals surface area contributed by atoms with E-state index in [4.69, 9.17) is 0 Å². The van der Waals surface area contributed by atoms with Crippen LogP contribution in [0.25, 0.3) is 22.0 Å². The molecule has 0 fully saturated rings. The SMILES string of the molecule is Cn1cc2c3c(cccc31)[Si@@H](c1ccccc1)c1cc([Si](C)(C)C)ccc1-2. The third kappa shape index (κ3) is 2.49. The van der Waals surface area contributed by atoms with Crippen molar-refractivity contribution in [3.05, 3.63) is 72.9 Å². The summed E-state index contributed by atoms with van der Waals surface area (Å²) in [6.45, 7) is 7.35. The van der Waals surface area contributed by atoms with E-state index in [1.54, 1.807) is 15.6 Å². The molecule has 1 aromatic heterocycles. The number of benzene rings is 3. The van der Waals surface area contributed by atoms with Crippen LogP contribution in [0.3, 0.4) is 0 Å². The van der Waals surface area contributed by atoms with Crippen molar-refractivity contribution in [3.8, 4) is 11.1 Å². The highest BCUT2D eigenvalue weighted by Gasteiger charge is 2.32. The minimum Gasteiger partial charge on any atom is -0.350 e. The molecule has 134 valence electrons. The number of hydrogen-bond acceptors (Lipinski definition) is 0. The van der Waals surface area contributed by atoms with E-state index in [1.165, 1.54) is 27.2 Å². The van der Waals surface area contributed by atoms with Crippen molar-refractivity contribution in [1.82, 2.24) is 4.57 Å². The van der Waals surface area contributed by atoms with Crippen molar-refractivity contribution in [2.45, 2.75) is 19.6 Å². The summed E-state index contributed by atoms with van der Waals surface area (Å²) >= 11 is 0. The first-order valence-corrected chi connectivity index (χ1v) is 15.0. The summed E-state index contributed by atoms with van der Waals surface area (Å²) in [7, 11) is -0.657. The average molecular weight is 384 g/mol. The second-order valence-electron chi connectivity index (χ2n) is 8.79. The quantitative estimate of drug-likeness (QED) is 0.413. The Morgan fingerprint density at radius 2 is 1.56 bits per heavy atom. The maximum absolute atomic E-state index is 2.57. The summed E-state index contributed by atoms with van der Waals surface area (Å²) in [5, 5.41) is 7.75. The highest BCUT2D eigenvalue weighted by atomic mass is 28.3. The highest BCUT2D eigenvalue weighted by molar-refractivity contribution is 6.99. The van der Waals surface area contributed by atoms with Gasteiger partial charge in [-0.2, -0.15) is 0 Å². The lowest BCUT2D eigenvalue weighted by molar-refractivity contribution is 0.970. The Labute approximate surface area is 163 Å². The number of hydrogen-bond donors (Lipinski definition) is 0. The standard InChI is InChI=1S/C24H25NSi2/c1-25-16-20-19-14-13-18(27(2,3)4)15-23(19)26(17-9-6-5-7-10-17)22-12-8-11-21(25)24(20)22/h5-16,26H,1-4H3/t26-/m1/s1. The molecule has 1 aliphatic heterocycles. The molecule has 1 atom stereocenters. The molecule has 5 rings (SSSR count). The first-order valence-electron chi connectivity index (χ1n) is 9.73. The number of nitrogens with zero attached hydrogens (tertiary/aromatic N) is 1. The van der Waals surface area contributed by atoms with Crippen molar-refractivity contribution in [2.24, 2.45) is 7.05 Å². The third-order valence-electron chi connectivity index (χ3n) is 6.01. The van der Waals surface area contributed by atoms with Gasteiger partial charge in [-0.25, -0.2) is 0 Å². The predicted octanol–water partition coefficient (Wildman–Crippen LogP) is 2.95. The normalized spacial score (nSPS) is 15.8. The molecule has 3 aromatic carbocycles. The van der Waals surface area contributed by atoms with Crippen LogP contribution in [0.2, 0.25) is 19.6 Å². The molecule has 1 aliphatic rings. The zero-order valence-corrected chi connectivity index (χ0v) is 18.6. The Kier molecular flexibility index (Phi) is 3.61. The van der Waals surface area contributed by atoms with Gasteiger partial charge in [0.15, 0.2) is 0 Å². The molecule has 2 heterocycles. The molecule has 0 spiro atoms. The maximum Gasteiger partial charge on any atom is 0.134 e. The Bertz CT molecular complexity index is 1170. The molecule has 0 unspecified atom stereocenters. The highest BCUT2D eigenvalue weighted by Crippen LogP contribution is 2.31. The molecule has 27 heavy (non-hydrogen) atoms. The fraction of sp³-hybridized carbons (Fsp3) is 0.167. The van der Waals surface area contributed by atoms with Crippen LogP contribution in [-0.2, 0) is 7.05 Å². The molecule has 0 N–H and O–H groups in total. The second-order valence-corrected chi connectivity index (χ2v) is 16.6. The monoisotopic (exact) mass is 383 g/mol. The first-order chi connectivity index (χ1) is 12.9. The summed E-state index contributed by atoms with van der Waals surface area (Å²) in [5.41, 5.74) is 4.23. The summed E-state index contributed by atoms with van der Waals surface area (Å²) in [5.74, 6) is 0. The Morgan fingerprint density at radius 1 is 0.778 bits per heavy atom. The van der Waals surface area contributed by atoms with Gasteiger partial charge in [-0.15, -0.1) is 0 Å². The van der Waals surface area contributed by atoms with Gasteiger partial charge in [0.05, 0.1) is 8.07 Å². The van der Waals surface area contributed by atoms with Gasteiger partial charge in [0.2, 0.25) is 0 Å². The van der Waals surface area contributed by atoms with Crippen LogP contribution in [0.1, 0.15) is 0 Å². The summed E-state index contributed by atoms with van der Waals surface area (Å²) in [4.78, 5) is 0. The van der Waals surface area contributed by atoms with Crippen LogP contribution < -0.4 is 20.7 Å². The fourth-order valence-corrected chi connectivity index (χ4v) is 9.41. The van der Waals surface area contributed by atoms with Crippen LogP contribution >= 0.6 is 0 Å². The van der Waals surface area contributed by atoms with E-state index in [1.807, 2.05) is 0 Å². The van der Waals surface area contributed by atoms with Gasteiger partial charge < -0.3 is 4.57 Å². The van der Waals surface area contributed by atoms with E-state index in [9.17, 15) is 0 Å². The minimum atomic E-state index is -1.48. The number of rotatable bonds is 2. The fourth-order valence-electron chi connectivity index (χ4n) is 4.60. The van der Waals surface area contributed by atoms with Crippen molar-refractivity contribution >= 4 is 48.5 Å². The van der Waals surface area contributed by atoms with Crippen molar-refractivity contribution in [2.75, 3.05) is 0 Å². The molecule has 0 amide bonds. The van der Waals surface area contributed by atoms with E-state index in [0.29, 0.717) is 0 Å². The van der Waals surface area contributed by atoms with Gasteiger partial charge in [-0.1, -0.05) is 90.7 Å². The lowest BCUT2D eigenvalue weighted by atomic mass is 10.0. The lowest BCUT2D eigenvalue weighted by Crippen LogP contribution is -2.56. The summed E-state index contributed by atoms with van der Waals surface area (Å²) in [6.07, 6.45) is 2.33. The maximum atomic E-state index is 2.57. The Balaban J connectivity index is 1.90. The molecular formula is C24H25NSi2. The zero-order chi connectivity index (χ0) is 18.8. The van der Waals surface area contributed by atoms with Crippen LogP contribution in [0, 0.1) is 0 Å². The molecule has 4 aromatic rings.